The van der Waals surface area contributed by atoms with E-state index in [1.165, 1.54) is 30.5 Å². The molecule has 2 aromatic carbocycles. The first-order valence-electron chi connectivity index (χ1n) is 6.78. The molecule has 0 aliphatic carbocycles. The first-order chi connectivity index (χ1) is 11.0. The Kier molecular flexibility index (Phi) is 4.12. The number of nitrogens with zero attached hydrogens (tertiary/aromatic N) is 1. The van der Waals surface area contributed by atoms with Crippen molar-refractivity contribution in [1.82, 2.24) is 5.16 Å². The zero-order valence-corrected chi connectivity index (χ0v) is 12.8. The summed E-state index contributed by atoms with van der Waals surface area (Å²) < 4.78 is 44.8. The van der Waals surface area contributed by atoms with Gasteiger partial charge >= 0.3 is 0 Å². The Morgan fingerprint density at radius 3 is 2.43 bits per heavy atom. The lowest BCUT2D eigenvalue weighted by Crippen LogP contribution is -2.15. The van der Waals surface area contributed by atoms with Crippen molar-refractivity contribution in [3.63, 3.8) is 0 Å². The number of hydrogen-bond donors (Lipinski definition) is 1. The molecule has 1 heterocycles. The van der Waals surface area contributed by atoms with Gasteiger partial charge in [0, 0.05) is 0 Å². The van der Waals surface area contributed by atoms with Gasteiger partial charge in [-0.25, -0.2) is 12.8 Å². The molecule has 0 unspecified atom stereocenters. The van der Waals surface area contributed by atoms with Crippen LogP contribution in [0.15, 0.2) is 65.3 Å². The predicted molar refractivity (Wildman–Crippen MR) is 84.6 cm³/mol. The average molecular weight is 332 g/mol. The largest absolute Gasteiger partial charge is 0.337 e. The number of aromatic nitrogens is 1. The van der Waals surface area contributed by atoms with E-state index in [-0.39, 0.29) is 11.6 Å². The number of halogens is 1. The van der Waals surface area contributed by atoms with Gasteiger partial charge in [-0.15, -0.1) is 0 Å². The van der Waals surface area contributed by atoms with Gasteiger partial charge in [0.1, 0.15) is 5.82 Å². The molecule has 0 bridgehead atoms. The summed E-state index contributed by atoms with van der Waals surface area (Å²) in [5.74, 6) is -0.651. The Hall–Kier alpha value is -2.67. The summed E-state index contributed by atoms with van der Waals surface area (Å²) >= 11 is 0. The van der Waals surface area contributed by atoms with Crippen molar-refractivity contribution in [2.24, 2.45) is 0 Å². The predicted octanol–water partition coefficient (Wildman–Crippen LogP) is 3.42. The van der Waals surface area contributed by atoms with Crippen LogP contribution in [0.2, 0.25) is 0 Å². The van der Waals surface area contributed by atoms with Gasteiger partial charge in [-0.3, -0.25) is 4.72 Å². The minimum atomic E-state index is -3.71. The molecule has 0 aliphatic heterocycles. The number of rotatable bonds is 5. The summed E-state index contributed by atoms with van der Waals surface area (Å²) in [6.07, 6.45) is 1.45. The second-order valence-corrected chi connectivity index (χ2v) is 6.64. The highest BCUT2D eigenvalue weighted by Gasteiger charge is 2.18. The standard InChI is InChI=1S/C16H13FN2O3S/c17-14-8-6-12(7-9-14)11-23(20,21)19-16-15(10-18-22-16)13-4-2-1-3-5-13/h1-10,19H,11H2. The molecule has 23 heavy (non-hydrogen) atoms. The van der Waals surface area contributed by atoms with Gasteiger partial charge in [0.25, 0.3) is 0 Å². The molecule has 0 saturated carbocycles. The molecule has 0 radical (unpaired) electrons. The lowest BCUT2D eigenvalue weighted by atomic mass is 10.1. The summed E-state index contributed by atoms with van der Waals surface area (Å²) in [7, 11) is -3.71. The molecule has 0 spiro atoms. The molecule has 3 rings (SSSR count). The van der Waals surface area contributed by atoms with E-state index >= 15 is 0 Å². The summed E-state index contributed by atoms with van der Waals surface area (Å²) in [6.45, 7) is 0. The zero-order chi connectivity index (χ0) is 16.3. The monoisotopic (exact) mass is 332 g/mol. The van der Waals surface area contributed by atoms with Crippen molar-refractivity contribution in [2.75, 3.05) is 4.72 Å². The number of hydrogen-bond acceptors (Lipinski definition) is 4. The van der Waals surface area contributed by atoms with Crippen LogP contribution in [-0.2, 0) is 15.8 Å². The molecular weight excluding hydrogens is 319 g/mol. The summed E-state index contributed by atoms with van der Waals surface area (Å²) in [4.78, 5) is 0. The van der Waals surface area contributed by atoms with Crippen molar-refractivity contribution >= 4 is 15.9 Å². The van der Waals surface area contributed by atoms with Crippen molar-refractivity contribution in [2.45, 2.75) is 5.75 Å². The molecule has 3 aromatic rings. The van der Waals surface area contributed by atoms with E-state index in [1.807, 2.05) is 30.3 Å². The van der Waals surface area contributed by atoms with E-state index in [0.717, 1.165) is 5.56 Å². The minimum absolute atomic E-state index is 0.0540. The van der Waals surface area contributed by atoms with Crippen LogP contribution in [0.4, 0.5) is 10.3 Å². The van der Waals surface area contributed by atoms with Crippen molar-refractivity contribution in [1.29, 1.82) is 0 Å². The highest BCUT2D eigenvalue weighted by molar-refractivity contribution is 7.91. The van der Waals surface area contributed by atoms with Gasteiger partial charge in [-0.1, -0.05) is 47.6 Å². The van der Waals surface area contributed by atoms with E-state index in [9.17, 15) is 12.8 Å². The van der Waals surface area contributed by atoms with Crippen LogP contribution in [0.1, 0.15) is 5.56 Å². The number of nitrogens with one attached hydrogen (secondary N) is 1. The molecule has 0 amide bonds. The lowest BCUT2D eigenvalue weighted by Gasteiger charge is -2.07. The Morgan fingerprint density at radius 1 is 1.04 bits per heavy atom. The van der Waals surface area contributed by atoms with E-state index in [0.29, 0.717) is 11.1 Å². The highest BCUT2D eigenvalue weighted by Crippen LogP contribution is 2.28. The molecule has 0 saturated heterocycles. The SMILES string of the molecule is O=S(=O)(Cc1ccc(F)cc1)Nc1oncc1-c1ccccc1. The maximum Gasteiger partial charge on any atom is 0.245 e. The number of benzene rings is 2. The maximum atomic E-state index is 12.9. The van der Waals surface area contributed by atoms with Crippen molar-refractivity contribution in [3.8, 4) is 11.1 Å². The minimum Gasteiger partial charge on any atom is -0.337 e. The van der Waals surface area contributed by atoms with Gasteiger partial charge in [0.05, 0.1) is 17.5 Å². The molecule has 0 fully saturated rings. The third kappa shape index (κ3) is 3.75. The average Bonchev–Trinajstić information content (AvgIpc) is 2.97. The number of anilines is 1. The lowest BCUT2D eigenvalue weighted by molar-refractivity contribution is 0.435. The Balaban J connectivity index is 1.82. The third-order valence-corrected chi connectivity index (χ3v) is 4.38. The Labute approximate surface area is 132 Å². The highest BCUT2D eigenvalue weighted by atomic mass is 32.2. The van der Waals surface area contributed by atoms with E-state index in [1.54, 1.807) is 0 Å². The van der Waals surface area contributed by atoms with Crippen LogP contribution in [0, 0.1) is 5.82 Å². The topological polar surface area (TPSA) is 72.2 Å². The van der Waals surface area contributed by atoms with Crippen molar-refractivity contribution < 1.29 is 17.3 Å². The summed E-state index contributed by atoms with van der Waals surface area (Å²) in [5.41, 5.74) is 1.81. The van der Waals surface area contributed by atoms with Crippen LogP contribution in [0.25, 0.3) is 11.1 Å². The smallest absolute Gasteiger partial charge is 0.245 e. The van der Waals surface area contributed by atoms with Crippen LogP contribution in [-0.4, -0.2) is 13.6 Å². The van der Waals surface area contributed by atoms with Crippen molar-refractivity contribution in [3.05, 3.63) is 72.2 Å². The molecule has 0 aliphatic rings. The normalized spacial score (nSPS) is 11.3. The quantitative estimate of drug-likeness (QED) is 0.777. The summed E-state index contributed by atoms with van der Waals surface area (Å²) in [5, 5.41) is 3.65. The maximum absolute atomic E-state index is 12.9. The Bertz CT molecular complexity index is 891. The van der Waals surface area contributed by atoms with E-state index in [2.05, 4.69) is 9.88 Å². The fourth-order valence-electron chi connectivity index (χ4n) is 2.11. The van der Waals surface area contributed by atoms with Crippen LogP contribution in [0.5, 0.6) is 0 Å². The van der Waals surface area contributed by atoms with Crippen LogP contribution in [0.3, 0.4) is 0 Å². The van der Waals surface area contributed by atoms with Gasteiger partial charge in [-0.05, 0) is 23.3 Å². The molecule has 1 aromatic heterocycles. The van der Waals surface area contributed by atoms with Gasteiger partial charge in [-0.2, -0.15) is 0 Å². The molecule has 5 nitrogen and oxygen atoms in total. The van der Waals surface area contributed by atoms with E-state index < -0.39 is 15.8 Å². The molecule has 7 heteroatoms. The first kappa shape index (κ1) is 15.2. The molecule has 0 atom stereocenters. The fourth-order valence-corrected chi connectivity index (χ4v) is 3.25. The Morgan fingerprint density at radius 2 is 1.74 bits per heavy atom. The first-order valence-corrected chi connectivity index (χ1v) is 8.44. The molecular formula is C16H13FN2O3S. The van der Waals surface area contributed by atoms with Gasteiger partial charge < -0.3 is 4.52 Å². The summed E-state index contributed by atoms with van der Waals surface area (Å²) in [6, 6.07) is 14.5. The van der Waals surface area contributed by atoms with Gasteiger partial charge in [0.15, 0.2) is 0 Å². The molecule has 118 valence electrons. The second-order valence-electron chi connectivity index (χ2n) is 4.92. The zero-order valence-electron chi connectivity index (χ0n) is 11.9. The van der Waals surface area contributed by atoms with Crippen LogP contribution >= 0.6 is 0 Å². The molecule has 1 N–H and O–H groups in total. The number of sulfonamides is 1. The second kappa shape index (κ2) is 6.21. The van der Waals surface area contributed by atoms with Crippen LogP contribution < -0.4 is 4.72 Å². The van der Waals surface area contributed by atoms with E-state index in [4.69, 9.17) is 4.52 Å². The third-order valence-electron chi connectivity index (χ3n) is 3.17. The fraction of sp³-hybridized carbons (Fsp3) is 0.0625. The van der Waals surface area contributed by atoms with Gasteiger partial charge in [0.2, 0.25) is 15.9 Å².